The fourth-order valence-corrected chi connectivity index (χ4v) is 4.27. The van der Waals surface area contributed by atoms with E-state index in [1.165, 1.54) is 4.31 Å². The molecule has 1 aromatic carbocycles. The molecule has 1 unspecified atom stereocenters. The van der Waals surface area contributed by atoms with Gasteiger partial charge in [-0.15, -0.1) is 0 Å². The van der Waals surface area contributed by atoms with Crippen molar-refractivity contribution in [2.45, 2.75) is 19.3 Å². The molecule has 7 heteroatoms. The van der Waals surface area contributed by atoms with Crippen molar-refractivity contribution < 1.29 is 17.9 Å². The highest BCUT2D eigenvalue weighted by molar-refractivity contribution is 7.89. The molecule has 0 aromatic heterocycles. The van der Waals surface area contributed by atoms with E-state index in [9.17, 15) is 13.2 Å². The fraction of sp³-hybridized carbons (Fsp3) is 0.562. The van der Waals surface area contributed by atoms with Crippen LogP contribution in [0.3, 0.4) is 0 Å². The van der Waals surface area contributed by atoms with Crippen molar-refractivity contribution in [3.8, 4) is 5.75 Å². The highest BCUT2D eigenvalue weighted by Gasteiger charge is 2.34. The minimum Gasteiger partial charge on any atom is -0.493 e. The predicted octanol–water partition coefficient (Wildman–Crippen LogP) is 1.05. The number of rotatable bonds is 3. The largest absolute Gasteiger partial charge is 0.493 e. The Kier molecular flexibility index (Phi) is 4.59. The molecule has 1 amide bonds. The van der Waals surface area contributed by atoms with Crippen molar-refractivity contribution in [2.24, 2.45) is 0 Å². The summed E-state index contributed by atoms with van der Waals surface area (Å²) in [6, 6.07) is 7.65. The number of hydrogen-bond acceptors (Lipinski definition) is 4. The summed E-state index contributed by atoms with van der Waals surface area (Å²) in [6.45, 7) is 3.86. The van der Waals surface area contributed by atoms with Crippen LogP contribution in [-0.4, -0.2) is 62.1 Å². The lowest BCUT2D eigenvalue weighted by Crippen LogP contribution is -2.52. The number of carbonyl (C=O) groups excluding carboxylic acids is 1. The number of ether oxygens (including phenoxy) is 1. The molecular formula is C16H22N2O4S. The van der Waals surface area contributed by atoms with Crippen molar-refractivity contribution >= 4 is 15.9 Å². The van der Waals surface area contributed by atoms with Crippen molar-refractivity contribution in [1.82, 2.24) is 9.21 Å². The first-order valence-electron chi connectivity index (χ1n) is 8.01. The number of nitrogens with zero attached hydrogens (tertiary/aromatic N) is 2. The average molecular weight is 338 g/mol. The Morgan fingerprint density at radius 3 is 2.61 bits per heavy atom. The van der Waals surface area contributed by atoms with Gasteiger partial charge in [-0.05, 0) is 19.4 Å². The Labute approximate surface area is 137 Å². The first kappa shape index (κ1) is 16.3. The Balaban J connectivity index is 1.69. The molecule has 126 valence electrons. The summed E-state index contributed by atoms with van der Waals surface area (Å²) < 4.78 is 30.9. The van der Waals surface area contributed by atoms with Crippen LogP contribution in [0.15, 0.2) is 24.3 Å². The zero-order valence-corrected chi connectivity index (χ0v) is 14.1. The zero-order chi connectivity index (χ0) is 16.4. The average Bonchev–Trinajstić information content (AvgIpc) is 2.60. The summed E-state index contributed by atoms with van der Waals surface area (Å²) in [7, 11) is -3.17. The number of amides is 1. The van der Waals surface area contributed by atoms with Gasteiger partial charge < -0.3 is 9.64 Å². The molecule has 0 aliphatic carbocycles. The van der Waals surface area contributed by atoms with E-state index in [4.69, 9.17) is 4.74 Å². The van der Waals surface area contributed by atoms with Gasteiger partial charge in [0.2, 0.25) is 15.9 Å². The maximum atomic E-state index is 12.8. The van der Waals surface area contributed by atoms with E-state index < -0.39 is 10.0 Å². The lowest BCUT2D eigenvalue weighted by Gasteiger charge is -2.36. The number of benzene rings is 1. The summed E-state index contributed by atoms with van der Waals surface area (Å²) in [6.07, 6.45) is 0.670. The van der Waals surface area contributed by atoms with Crippen LogP contribution in [0.2, 0.25) is 0 Å². The second-order valence-electron chi connectivity index (χ2n) is 5.85. The van der Waals surface area contributed by atoms with Crippen LogP contribution in [0.4, 0.5) is 0 Å². The van der Waals surface area contributed by atoms with Gasteiger partial charge >= 0.3 is 0 Å². The molecule has 0 radical (unpaired) electrons. The molecule has 1 atom stereocenters. The number of sulfonamides is 1. The molecule has 23 heavy (non-hydrogen) atoms. The Morgan fingerprint density at radius 2 is 1.91 bits per heavy atom. The molecule has 0 spiro atoms. The maximum absolute atomic E-state index is 12.8. The SMILES string of the molecule is CCS(=O)(=O)N1CCN(C(=O)C2CCOc3ccccc32)CC1. The van der Waals surface area contributed by atoms with Crippen molar-refractivity contribution in [1.29, 1.82) is 0 Å². The number of piperazine rings is 1. The molecule has 1 fully saturated rings. The molecule has 1 aromatic rings. The predicted molar refractivity (Wildman–Crippen MR) is 86.9 cm³/mol. The van der Waals surface area contributed by atoms with Crippen molar-refractivity contribution in [3.05, 3.63) is 29.8 Å². The molecule has 2 aliphatic rings. The molecule has 3 rings (SSSR count). The number of hydrogen-bond donors (Lipinski definition) is 0. The van der Waals surface area contributed by atoms with Crippen LogP contribution in [0.5, 0.6) is 5.75 Å². The summed E-state index contributed by atoms with van der Waals surface area (Å²) in [5.74, 6) is 0.779. The van der Waals surface area contributed by atoms with Gasteiger partial charge in [0.1, 0.15) is 5.75 Å². The molecule has 0 N–H and O–H groups in total. The Morgan fingerprint density at radius 1 is 1.22 bits per heavy atom. The minimum atomic E-state index is -3.17. The third kappa shape index (κ3) is 3.21. The monoisotopic (exact) mass is 338 g/mol. The standard InChI is InChI=1S/C16H22N2O4S/c1-2-23(20,21)18-10-8-17(9-11-18)16(19)14-7-12-22-15-6-4-3-5-13(14)15/h3-6,14H,2,7-12H2,1H3. The second kappa shape index (κ2) is 6.49. The van der Waals surface area contributed by atoms with E-state index in [1.54, 1.807) is 11.8 Å². The van der Waals surface area contributed by atoms with Crippen LogP contribution >= 0.6 is 0 Å². The van der Waals surface area contributed by atoms with E-state index >= 15 is 0 Å². The molecule has 0 saturated carbocycles. The first-order valence-corrected chi connectivity index (χ1v) is 9.62. The van der Waals surface area contributed by atoms with E-state index in [2.05, 4.69) is 0 Å². The van der Waals surface area contributed by atoms with Crippen LogP contribution < -0.4 is 4.74 Å². The van der Waals surface area contributed by atoms with Crippen LogP contribution in [-0.2, 0) is 14.8 Å². The van der Waals surface area contributed by atoms with Gasteiger partial charge in [-0.1, -0.05) is 18.2 Å². The van der Waals surface area contributed by atoms with Gasteiger partial charge in [0, 0.05) is 31.7 Å². The van der Waals surface area contributed by atoms with E-state index in [-0.39, 0.29) is 17.6 Å². The topological polar surface area (TPSA) is 66.9 Å². The molecule has 0 bridgehead atoms. The zero-order valence-electron chi connectivity index (χ0n) is 13.3. The highest BCUT2D eigenvalue weighted by Crippen LogP contribution is 2.34. The van der Waals surface area contributed by atoms with Crippen LogP contribution in [0, 0.1) is 0 Å². The minimum absolute atomic E-state index is 0.0781. The summed E-state index contributed by atoms with van der Waals surface area (Å²) in [5.41, 5.74) is 0.937. The smallest absolute Gasteiger partial charge is 0.230 e. The van der Waals surface area contributed by atoms with Crippen molar-refractivity contribution in [3.63, 3.8) is 0 Å². The molecule has 6 nitrogen and oxygen atoms in total. The number of para-hydroxylation sites is 1. The quantitative estimate of drug-likeness (QED) is 0.826. The van der Waals surface area contributed by atoms with Crippen molar-refractivity contribution in [2.75, 3.05) is 38.5 Å². The lowest BCUT2D eigenvalue weighted by atomic mass is 9.91. The summed E-state index contributed by atoms with van der Waals surface area (Å²) >= 11 is 0. The van der Waals surface area contributed by atoms with Gasteiger partial charge in [-0.2, -0.15) is 4.31 Å². The highest BCUT2D eigenvalue weighted by atomic mass is 32.2. The molecule has 2 aliphatic heterocycles. The summed E-state index contributed by atoms with van der Waals surface area (Å²) in [4.78, 5) is 14.6. The first-order chi connectivity index (χ1) is 11.0. The Bertz CT molecular complexity index is 681. The maximum Gasteiger partial charge on any atom is 0.230 e. The second-order valence-corrected chi connectivity index (χ2v) is 8.11. The summed E-state index contributed by atoms with van der Waals surface area (Å²) in [5, 5.41) is 0. The van der Waals surface area contributed by atoms with Gasteiger partial charge in [-0.3, -0.25) is 4.79 Å². The fourth-order valence-electron chi connectivity index (χ4n) is 3.19. The van der Waals surface area contributed by atoms with Gasteiger partial charge in [0.05, 0.1) is 18.3 Å². The van der Waals surface area contributed by atoms with Crippen LogP contribution in [0.1, 0.15) is 24.8 Å². The normalized spacial score (nSPS) is 22.3. The lowest BCUT2D eigenvalue weighted by molar-refractivity contribution is -0.134. The van der Waals surface area contributed by atoms with E-state index in [0.29, 0.717) is 39.2 Å². The van der Waals surface area contributed by atoms with Crippen LogP contribution in [0.25, 0.3) is 0 Å². The van der Waals surface area contributed by atoms with E-state index in [1.807, 2.05) is 24.3 Å². The third-order valence-electron chi connectivity index (χ3n) is 4.57. The number of fused-ring (bicyclic) bond motifs is 1. The van der Waals surface area contributed by atoms with Gasteiger partial charge in [0.15, 0.2) is 0 Å². The van der Waals surface area contributed by atoms with Gasteiger partial charge in [0.25, 0.3) is 0 Å². The molecule has 2 heterocycles. The molecule has 1 saturated heterocycles. The third-order valence-corrected chi connectivity index (χ3v) is 6.45. The van der Waals surface area contributed by atoms with E-state index in [0.717, 1.165) is 11.3 Å². The Hall–Kier alpha value is -1.60. The number of carbonyl (C=O) groups is 1. The molecular weight excluding hydrogens is 316 g/mol. The van der Waals surface area contributed by atoms with Gasteiger partial charge in [-0.25, -0.2) is 8.42 Å².